The highest BCUT2D eigenvalue weighted by atomic mass is 32.2. The van der Waals surface area contributed by atoms with Crippen LogP contribution in [0.3, 0.4) is 0 Å². The van der Waals surface area contributed by atoms with E-state index in [1.807, 2.05) is 6.92 Å². The number of nitrogens with zero attached hydrogens (tertiary/aromatic N) is 1. The van der Waals surface area contributed by atoms with Crippen LogP contribution in [0.2, 0.25) is 0 Å². The quantitative estimate of drug-likeness (QED) is 0.273. The summed E-state index contributed by atoms with van der Waals surface area (Å²) in [6.07, 6.45) is 2.59. The summed E-state index contributed by atoms with van der Waals surface area (Å²) >= 11 is 0. The average molecular weight is 325 g/mol. The lowest BCUT2D eigenvalue weighted by Gasteiger charge is -2.34. The SMILES string of the molecule is CCCC[N+](C)(CCCS(=O)(=O)[O-])CCOCCOCC. The predicted octanol–water partition coefficient (Wildman–Crippen LogP) is 1.22. The highest BCUT2D eigenvalue weighted by Crippen LogP contribution is 2.08. The van der Waals surface area contributed by atoms with Gasteiger partial charge in [0.05, 0.1) is 50.1 Å². The Morgan fingerprint density at radius 3 is 2.14 bits per heavy atom. The first kappa shape index (κ1) is 20.8. The molecule has 0 aliphatic carbocycles. The Bertz CT molecular complexity index is 347. The largest absolute Gasteiger partial charge is 0.748 e. The van der Waals surface area contributed by atoms with Crippen molar-refractivity contribution >= 4 is 10.1 Å². The minimum atomic E-state index is -4.11. The van der Waals surface area contributed by atoms with Gasteiger partial charge in [-0.05, 0) is 13.3 Å². The third-order valence-corrected chi connectivity index (χ3v) is 4.28. The molecule has 0 bridgehead atoms. The molecule has 0 spiro atoms. The van der Waals surface area contributed by atoms with Gasteiger partial charge in [-0.1, -0.05) is 13.3 Å². The molecule has 0 aromatic rings. The van der Waals surface area contributed by atoms with E-state index in [4.69, 9.17) is 9.47 Å². The molecule has 6 nitrogen and oxygen atoms in total. The van der Waals surface area contributed by atoms with Gasteiger partial charge >= 0.3 is 0 Å². The summed E-state index contributed by atoms with van der Waals surface area (Å²) in [5.74, 6) is -0.280. The highest BCUT2D eigenvalue weighted by Gasteiger charge is 2.20. The fourth-order valence-corrected chi connectivity index (χ4v) is 2.63. The van der Waals surface area contributed by atoms with Gasteiger partial charge < -0.3 is 18.5 Å². The minimum absolute atomic E-state index is 0.280. The number of quaternary nitrogens is 1. The summed E-state index contributed by atoms with van der Waals surface area (Å²) in [4.78, 5) is 0. The van der Waals surface area contributed by atoms with E-state index in [-0.39, 0.29) is 5.75 Å². The van der Waals surface area contributed by atoms with Crippen LogP contribution in [0.4, 0.5) is 0 Å². The third kappa shape index (κ3) is 13.2. The standard InChI is InChI=1S/C14H31NO5S/c1-4-6-8-15(3,9-7-14-21(16,17)18)10-11-20-13-12-19-5-2/h4-14H2,1-3H3. The normalized spacial score (nSPS) is 15.0. The second-order valence-corrected chi connectivity index (χ2v) is 7.09. The van der Waals surface area contributed by atoms with E-state index in [0.717, 1.165) is 30.4 Å². The van der Waals surface area contributed by atoms with Crippen molar-refractivity contribution in [3.8, 4) is 0 Å². The van der Waals surface area contributed by atoms with E-state index >= 15 is 0 Å². The van der Waals surface area contributed by atoms with Crippen molar-refractivity contribution < 1.29 is 26.9 Å². The molecule has 21 heavy (non-hydrogen) atoms. The number of ether oxygens (including phenoxy) is 2. The lowest BCUT2D eigenvalue weighted by molar-refractivity contribution is -0.910. The number of likely N-dealkylation sites (N-methyl/N-ethyl adjacent to an activating group) is 1. The predicted molar refractivity (Wildman–Crippen MR) is 82.2 cm³/mol. The summed E-state index contributed by atoms with van der Waals surface area (Å²) in [6.45, 7) is 9.06. The van der Waals surface area contributed by atoms with Crippen LogP contribution in [0.5, 0.6) is 0 Å². The highest BCUT2D eigenvalue weighted by molar-refractivity contribution is 7.85. The van der Waals surface area contributed by atoms with E-state index in [1.54, 1.807) is 0 Å². The molecule has 7 heteroatoms. The van der Waals surface area contributed by atoms with E-state index in [1.165, 1.54) is 0 Å². The van der Waals surface area contributed by atoms with Crippen molar-refractivity contribution in [1.29, 1.82) is 0 Å². The van der Waals surface area contributed by atoms with Crippen LogP contribution in [0.25, 0.3) is 0 Å². The first-order chi connectivity index (χ1) is 9.83. The molecule has 0 saturated carbocycles. The van der Waals surface area contributed by atoms with Crippen LogP contribution in [0.1, 0.15) is 33.1 Å². The van der Waals surface area contributed by atoms with Gasteiger partial charge in [-0.2, -0.15) is 0 Å². The summed E-state index contributed by atoms with van der Waals surface area (Å²) < 4.78 is 43.6. The third-order valence-electron chi connectivity index (χ3n) is 3.50. The fourth-order valence-electron chi connectivity index (χ4n) is 2.15. The van der Waals surface area contributed by atoms with Gasteiger partial charge in [0.25, 0.3) is 0 Å². The molecule has 0 fully saturated rings. The molecule has 1 atom stereocenters. The zero-order valence-electron chi connectivity index (χ0n) is 13.7. The van der Waals surface area contributed by atoms with Crippen molar-refractivity contribution in [3.63, 3.8) is 0 Å². The zero-order chi connectivity index (χ0) is 16.2. The van der Waals surface area contributed by atoms with Gasteiger partial charge in [0.2, 0.25) is 0 Å². The van der Waals surface area contributed by atoms with Crippen molar-refractivity contribution in [2.75, 3.05) is 58.9 Å². The molecule has 0 heterocycles. The van der Waals surface area contributed by atoms with E-state index in [0.29, 0.717) is 39.4 Å². The van der Waals surface area contributed by atoms with Crippen LogP contribution >= 0.6 is 0 Å². The smallest absolute Gasteiger partial charge is 0.102 e. The Morgan fingerprint density at radius 2 is 1.57 bits per heavy atom. The molecule has 0 aromatic carbocycles. The molecule has 0 aliphatic rings. The van der Waals surface area contributed by atoms with Crippen molar-refractivity contribution in [2.45, 2.75) is 33.1 Å². The van der Waals surface area contributed by atoms with Gasteiger partial charge in [-0.25, -0.2) is 8.42 Å². The monoisotopic (exact) mass is 325 g/mol. The van der Waals surface area contributed by atoms with Gasteiger partial charge in [-0.3, -0.25) is 0 Å². The second-order valence-electron chi connectivity index (χ2n) is 5.57. The van der Waals surface area contributed by atoms with E-state index in [2.05, 4.69) is 14.0 Å². The van der Waals surface area contributed by atoms with Crippen LogP contribution in [-0.4, -0.2) is 76.3 Å². The Balaban J connectivity index is 4.08. The van der Waals surface area contributed by atoms with Crippen molar-refractivity contribution in [3.05, 3.63) is 0 Å². The first-order valence-corrected chi connectivity index (χ1v) is 9.33. The molecule has 0 N–H and O–H groups in total. The Labute approximate surface area is 129 Å². The first-order valence-electron chi connectivity index (χ1n) is 7.75. The van der Waals surface area contributed by atoms with Crippen LogP contribution in [-0.2, 0) is 19.6 Å². The minimum Gasteiger partial charge on any atom is -0.748 e. The number of rotatable bonds is 14. The molecule has 0 aliphatic heterocycles. The molecule has 128 valence electrons. The Morgan fingerprint density at radius 1 is 0.952 bits per heavy atom. The topological polar surface area (TPSA) is 75.7 Å². The van der Waals surface area contributed by atoms with E-state index in [9.17, 15) is 13.0 Å². The maximum atomic E-state index is 10.7. The van der Waals surface area contributed by atoms with Gasteiger partial charge in [-0.15, -0.1) is 0 Å². The van der Waals surface area contributed by atoms with E-state index < -0.39 is 10.1 Å². The Kier molecular flexibility index (Phi) is 11.3. The number of hydrogen-bond acceptors (Lipinski definition) is 5. The fraction of sp³-hybridized carbons (Fsp3) is 1.00. The van der Waals surface area contributed by atoms with Gasteiger partial charge in [0.1, 0.15) is 6.54 Å². The summed E-state index contributed by atoms with van der Waals surface area (Å²) in [5.41, 5.74) is 0. The number of hydrogen-bond donors (Lipinski definition) is 0. The molecule has 0 aromatic heterocycles. The lowest BCUT2D eigenvalue weighted by Crippen LogP contribution is -2.48. The Hall–Kier alpha value is -0.210. The van der Waals surface area contributed by atoms with Crippen LogP contribution < -0.4 is 0 Å². The van der Waals surface area contributed by atoms with Gasteiger partial charge in [0.15, 0.2) is 0 Å². The molecule has 0 saturated heterocycles. The van der Waals surface area contributed by atoms with Crippen LogP contribution in [0.15, 0.2) is 0 Å². The summed E-state index contributed by atoms with van der Waals surface area (Å²) in [7, 11) is -2.01. The molecule has 1 unspecified atom stereocenters. The second kappa shape index (κ2) is 11.4. The maximum Gasteiger partial charge on any atom is 0.102 e. The number of unbranched alkanes of at least 4 members (excludes halogenated alkanes) is 1. The maximum absolute atomic E-state index is 10.7. The molecular weight excluding hydrogens is 294 g/mol. The molecular formula is C14H31NO5S. The summed E-state index contributed by atoms with van der Waals surface area (Å²) in [5, 5.41) is 0. The molecule has 0 radical (unpaired) electrons. The average Bonchev–Trinajstić information content (AvgIpc) is 2.39. The van der Waals surface area contributed by atoms with Crippen molar-refractivity contribution in [2.24, 2.45) is 0 Å². The zero-order valence-corrected chi connectivity index (χ0v) is 14.5. The molecule has 0 rings (SSSR count). The molecule has 0 amide bonds. The van der Waals surface area contributed by atoms with Crippen LogP contribution in [0, 0.1) is 0 Å². The summed E-state index contributed by atoms with van der Waals surface area (Å²) in [6, 6.07) is 0. The lowest BCUT2D eigenvalue weighted by atomic mass is 10.2. The van der Waals surface area contributed by atoms with Gasteiger partial charge in [0, 0.05) is 18.8 Å². The van der Waals surface area contributed by atoms with Crippen molar-refractivity contribution in [1.82, 2.24) is 0 Å².